The number of unbranched alkanes of at least 4 members (excludes halogenated alkanes) is 2. The van der Waals surface area contributed by atoms with Gasteiger partial charge in [0.1, 0.15) is 0 Å². The first-order valence-electron chi connectivity index (χ1n) is 3.76. The third kappa shape index (κ3) is 13.9. The normalized spacial score (nSPS) is 11.2. The van der Waals surface area contributed by atoms with E-state index in [-0.39, 0.29) is 25.3 Å². The van der Waals surface area contributed by atoms with Gasteiger partial charge in [0.05, 0.1) is 0 Å². The van der Waals surface area contributed by atoms with Crippen LogP contribution in [0.3, 0.4) is 0 Å². The molecule has 0 aliphatic carbocycles. The van der Waals surface area contributed by atoms with Gasteiger partial charge in [0.25, 0.3) is 0 Å². The van der Waals surface area contributed by atoms with Crippen molar-refractivity contribution in [2.45, 2.75) is 44.3 Å². The Labute approximate surface area is 89.1 Å². The Hall–Kier alpha value is 0.946. The minimum atomic E-state index is 0. The van der Waals surface area contributed by atoms with Crippen molar-refractivity contribution < 1.29 is 25.3 Å². The maximum absolute atomic E-state index is 5.09. The largest absolute Gasteiger partial charge is 2.00 e. The quantitative estimate of drug-likeness (QED) is 0.422. The van der Waals surface area contributed by atoms with Crippen LogP contribution in [-0.2, 0) is 32.4 Å². The number of hydrogen-bond donors (Lipinski definition) is 0. The monoisotopic (exact) mass is 354 g/mol. The molecule has 0 heterocycles. The SMILES string of the molecule is O.[CH2-]CC([S-])CCCCC.[Os+2]. The zero-order valence-corrected chi connectivity index (χ0v) is 10.4. The van der Waals surface area contributed by atoms with Gasteiger partial charge < -0.3 is 25.0 Å². The minimum absolute atomic E-state index is 0. The average molecular weight is 353 g/mol. The van der Waals surface area contributed by atoms with E-state index in [1.54, 1.807) is 0 Å². The molecule has 0 radical (unpaired) electrons. The number of hydrogen-bond acceptors (Lipinski definition) is 1. The summed E-state index contributed by atoms with van der Waals surface area (Å²) in [5.41, 5.74) is 0. The van der Waals surface area contributed by atoms with Gasteiger partial charge in [-0.05, 0) is 0 Å². The van der Waals surface area contributed by atoms with Crippen molar-refractivity contribution in [2.75, 3.05) is 0 Å². The van der Waals surface area contributed by atoms with Crippen LogP contribution in [0.15, 0.2) is 0 Å². The topological polar surface area (TPSA) is 31.5 Å². The van der Waals surface area contributed by atoms with Gasteiger partial charge in [0.2, 0.25) is 0 Å². The zero-order valence-electron chi connectivity index (χ0n) is 7.08. The van der Waals surface area contributed by atoms with Crippen LogP contribution in [-0.4, -0.2) is 10.7 Å². The molecule has 0 amide bonds. The molecule has 1 unspecified atom stereocenters. The van der Waals surface area contributed by atoms with Gasteiger partial charge in [-0.3, -0.25) is 0 Å². The van der Waals surface area contributed by atoms with E-state index < -0.39 is 0 Å². The second-order valence-electron chi connectivity index (χ2n) is 2.41. The second kappa shape index (κ2) is 13.5. The fourth-order valence-electron chi connectivity index (χ4n) is 0.766. The van der Waals surface area contributed by atoms with Gasteiger partial charge in [-0.25, -0.2) is 6.42 Å². The zero-order chi connectivity index (χ0) is 7.11. The van der Waals surface area contributed by atoms with Crippen molar-refractivity contribution in [3.63, 3.8) is 0 Å². The Morgan fingerprint density at radius 1 is 1.36 bits per heavy atom. The summed E-state index contributed by atoms with van der Waals surface area (Å²) < 4.78 is 0. The first-order chi connectivity index (χ1) is 4.31. The molecule has 1 atom stereocenters. The molecule has 0 fully saturated rings. The van der Waals surface area contributed by atoms with Crippen LogP contribution in [0.4, 0.5) is 0 Å². The van der Waals surface area contributed by atoms with E-state index in [2.05, 4.69) is 13.8 Å². The molecule has 70 valence electrons. The Bertz CT molecular complexity index is 62.1. The number of rotatable bonds is 5. The first-order valence-corrected chi connectivity index (χ1v) is 4.23. The molecule has 0 aliphatic rings. The summed E-state index contributed by atoms with van der Waals surface area (Å²) in [5, 5.41) is 0.427. The fraction of sp³-hybridized carbons (Fsp3) is 0.875. The van der Waals surface area contributed by atoms with Gasteiger partial charge in [-0.15, -0.1) is 0 Å². The smallest absolute Gasteiger partial charge is 0.792 e. The standard InChI is InChI=1S/C8H17S.H2O.Os/c1-3-5-6-7-8(9)4-2;;/h8-9H,2-7H2,1H3;1H2;/q-1;;+2/p-1. The molecule has 0 rings (SSSR count). The summed E-state index contributed by atoms with van der Waals surface area (Å²) >= 11 is 5.09. The van der Waals surface area contributed by atoms with Gasteiger partial charge in [0, 0.05) is 0 Å². The van der Waals surface area contributed by atoms with E-state index in [4.69, 9.17) is 12.6 Å². The summed E-state index contributed by atoms with van der Waals surface area (Å²) in [6.45, 7) is 5.97. The Balaban J connectivity index is -0.000000320. The van der Waals surface area contributed by atoms with Crippen molar-refractivity contribution >= 4 is 12.6 Å². The van der Waals surface area contributed by atoms with Crippen LogP contribution < -0.4 is 0 Å². The summed E-state index contributed by atoms with van der Waals surface area (Å²) in [6.07, 6.45) is 6.01. The minimum Gasteiger partial charge on any atom is -0.792 e. The summed E-state index contributed by atoms with van der Waals surface area (Å²) in [7, 11) is 0. The molecule has 0 aromatic rings. The molecule has 0 saturated heterocycles. The molecule has 3 heteroatoms. The van der Waals surface area contributed by atoms with Crippen molar-refractivity contribution in [2.24, 2.45) is 0 Å². The van der Waals surface area contributed by atoms with Gasteiger partial charge in [-0.2, -0.15) is 5.25 Å². The van der Waals surface area contributed by atoms with Crippen LogP contribution >= 0.6 is 0 Å². The third-order valence-corrected chi connectivity index (χ3v) is 1.92. The van der Waals surface area contributed by atoms with E-state index >= 15 is 0 Å². The molecule has 1 nitrogen and oxygen atoms in total. The average Bonchev–Trinajstić information content (AvgIpc) is 1.89. The maximum Gasteiger partial charge on any atom is 2.00 e. The second-order valence-corrected chi connectivity index (χ2v) is 3.07. The molecule has 0 bridgehead atoms. The van der Waals surface area contributed by atoms with E-state index in [0.29, 0.717) is 5.25 Å². The molecule has 0 aromatic carbocycles. The van der Waals surface area contributed by atoms with Crippen LogP contribution in [0.1, 0.15) is 39.0 Å². The molecule has 11 heavy (non-hydrogen) atoms. The Morgan fingerprint density at radius 3 is 2.27 bits per heavy atom. The van der Waals surface area contributed by atoms with Crippen molar-refractivity contribution in [1.29, 1.82) is 0 Å². The van der Waals surface area contributed by atoms with Gasteiger partial charge in [0.15, 0.2) is 0 Å². The molecule has 2 N–H and O–H groups in total. The third-order valence-electron chi connectivity index (χ3n) is 1.45. The molecule has 0 saturated carbocycles. The summed E-state index contributed by atoms with van der Waals surface area (Å²) in [6, 6.07) is 0. The molecule has 0 aliphatic heterocycles. The predicted molar refractivity (Wildman–Crippen MR) is 48.9 cm³/mol. The van der Waals surface area contributed by atoms with E-state index in [1.807, 2.05) is 0 Å². The van der Waals surface area contributed by atoms with Crippen LogP contribution in [0.25, 0.3) is 0 Å². The summed E-state index contributed by atoms with van der Waals surface area (Å²) in [5.74, 6) is 0. The molecule has 0 spiro atoms. The van der Waals surface area contributed by atoms with E-state index in [1.165, 1.54) is 25.7 Å². The molecule has 0 aromatic heterocycles. The Kier molecular flexibility index (Phi) is 22.0. The fourth-order valence-corrected chi connectivity index (χ4v) is 0.933. The van der Waals surface area contributed by atoms with Crippen molar-refractivity contribution in [1.82, 2.24) is 0 Å². The van der Waals surface area contributed by atoms with Crippen LogP contribution in [0.5, 0.6) is 0 Å². The van der Waals surface area contributed by atoms with Crippen LogP contribution in [0.2, 0.25) is 0 Å². The van der Waals surface area contributed by atoms with Gasteiger partial charge >= 0.3 is 19.8 Å². The maximum atomic E-state index is 5.09. The van der Waals surface area contributed by atoms with E-state index in [0.717, 1.165) is 6.42 Å². The van der Waals surface area contributed by atoms with Crippen molar-refractivity contribution in [3.05, 3.63) is 6.92 Å². The predicted octanol–water partition coefficient (Wildman–Crippen LogP) is 1.88. The van der Waals surface area contributed by atoms with Gasteiger partial charge in [-0.1, -0.05) is 32.6 Å². The summed E-state index contributed by atoms with van der Waals surface area (Å²) in [4.78, 5) is 0. The van der Waals surface area contributed by atoms with Crippen LogP contribution in [0, 0.1) is 6.92 Å². The van der Waals surface area contributed by atoms with E-state index in [9.17, 15) is 0 Å². The molecular weight excluding hydrogens is 334 g/mol. The van der Waals surface area contributed by atoms with Crippen molar-refractivity contribution in [3.8, 4) is 0 Å². The Morgan fingerprint density at radius 2 is 1.91 bits per heavy atom. The molecular formula is C8H18OOsS. The first kappa shape index (κ1) is 17.9.